The molecular weight excluding hydrogens is 556 g/mol. The Bertz CT molecular complexity index is 1860. The number of thiazole rings is 1. The number of hydrogen-bond acceptors (Lipinski definition) is 9. The number of phenolic OH excluding ortho intramolecular Hbond substituents is 1. The van der Waals surface area contributed by atoms with E-state index in [9.17, 15) is 14.7 Å². The van der Waals surface area contributed by atoms with Crippen molar-refractivity contribution in [2.75, 3.05) is 27.9 Å². The van der Waals surface area contributed by atoms with Crippen molar-refractivity contribution in [3.8, 4) is 23.0 Å². The van der Waals surface area contributed by atoms with Crippen LogP contribution < -0.4 is 29.1 Å². The molecule has 4 aromatic rings. The molecule has 0 spiro atoms. The number of carbonyl (C=O) groups is 1. The third-order valence-corrected chi connectivity index (χ3v) is 8.10. The molecule has 0 bridgehead atoms. The fourth-order valence-electron chi connectivity index (χ4n) is 5.28. The molecule has 1 aliphatic heterocycles. The van der Waals surface area contributed by atoms with Crippen LogP contribution in [0.3, 0.4) is 0 Å². The standard InChI is InChI=1S/C32H32N2O7S/c1-6-10-21-27(31(37)41-7-2)28(26-20-12-9-8-11-19(20)13-14-22(26)38-3)34-30(36)25(42-32(34)33-21)17-18-15-23(39-4)29(35)24(16-18)40-5/h8-9,11-17,28,35H,6-7,10H2,1-5H3/b25-17+/t28-/m0/s1. The Labute approximate surface area is 246 Å². The molecule has 1 aliphatic rings. The van der Waals surface area contributed by atoms with Crippen LogP contribution >= 0.6 is 11.3 Å². The van der Waals surface area contributed by atoms with E-state index < -0.39 is 12.0 Å². The molecule has 42 heavy (non-hydrogen) atoms. The SMILES string of the molecule is CCCC1=C(C(=O)OCC)[C@H](c2c(OC)ccc3ccccc23)n2c(s/c(=C/c3cc(OC)c(O)c(OC)c3)c2=O)=N1. The number of aromatic nitrogens is 1. The smallest absolute Gasteiger partial charge is 0.338 e. The first-order valence-electron chi connectivity index (χ1n) is 13.6. The maximum atomic E-state index is 14.3. The lowest BCUT2D eigenvalue weighted by molar-refractivity contribution is -0.139. The van der Waals surface area contributed by atoms with Gasteiger partial charge in [-0.1, -0.05) is 55.0 Å². The Morgan fingerprint density at radius 1 is 1.02 bits per heavy atom. The molecular formula is C32H32N2O7S. The van der Waals surface area contributed by atoms with Crippen LogP contribution in [0.4, 0.5) is 0 Å². The maximum absolute atomic E-state index is 14.3. The first kappa shape index (κ1) is 28.9. The summed E-state index contributed by atoms with van der Waals surface area (Å²) >= 11 is 1.22. The van der Waals surface area contributed by atoms with Crippen molar-refractivity contribution in [3.63, 3.8) is 0 Å². The summed E-state index contributed by atoms with van der Waals surface area (Å²) < 4.78 is 23.9. The van der Waals surface area contributed by atoms with Crippen LogP contribution in [0.25, 0.3) is 16.8 Å². The van der Waals surface area contributed by atoms with Gasteiger partial charge in [-0.25, -0.2) is 9.79 Å². The zero-order chi connectivity index (χ0) is 30.0. The molecule has 10 heteroatoms. The van der Waals surface area contributed by atoms with E-state index in [0.29, 0.717) is 43.9 Å². The summed E-state index contributed by atoms with van der Waals surface area (Å²) in [5, 5.41) is 12.2. The van der Waals surface area contributed by atoms with Gasteiger partial charge in [0.15, 0.2) is 16.3 Å². The molecule has 218 valence electrons. The van der Waals surface area contributed by atoms with Gasteiger partial charge >= 0.3 is 5.97 Å². The molecule has 0 fully saturated rings. The molecule has 0 saturated carbocycles. The number of nitrogens with zero attached hydrogens (tertiary/aromatic N) is 2. The summed E-state index contributed by atoms with van der Waals surface area (Å²) in [6.07, 6.45) is 2.96. The number of aromatic hydroxyl groups is 1. The quantitative estimate of drug-likeness (QED) is 0.288. The second kappa shape index (κ2) is 12.1. The molecule has 2 heterocycles. The minimum atomic E-state index is -0.839. The largest absolute Gasteiger partial charge is 0.502 e. The maximum Gasteiger partial charge on any atom is 0.338 e. The van der Waals surface area contributed by atoms with Crippen LogP contribution in [0.5, 0.6) is 23.0 Å². The van der Waals surface area contributed by atoms with E-state index in [2.05, 4.69) is 0 Å². The van der Waals surface area contributed by atoms with Crippen LogP contribution in [0.2, 0.25) is 0 Å². The molecule has 1 atom stereocenters. The second-order valence-electron chi connectivity index (χ2n) is 9.59. The van der Waals surface area contributed by atoms with E-state index >= 15 is 0 Å². The van der Waals surface area contributed by atoms with Gasteiger partial charge in [0, 0.05) is 5.56 Å². The Kier molecular flexibility index (Phi) is 8.35. The lowest BCUT2D eigenvalue weighted by Gasteiger charge is -2.28. The van der Waals surface area contributed by atoms with Crippen molar-refractivity contribution in [1.29, 1.82) is 0 Å². The van der Waals surface area contributed by atoms with Crippen molar-refractivity contribution >= 4 is 34.2 Å². The van der Waals surface area contributed by atoms with Gasteiger partial charge in [0.25, 0.3) is 5.56 Å². The van der Waals surface area contributed by atoms with Crippen molar-refractivity contribution < 1.29 is 28.8 Å². The molecule has 0 unspecified atom stereocenters. The molecule has 0 saturated heterocycles. The number of hydrogen-bond donors (Lipinski definition) is 1. The summed E-state index contributed by atoms with van der Waals surface area (Å²) in [6.45, 7) is 3.94. The van der Waals surface area contributed by atoms with Gasteiger partial charge in [-0.15, -0.1) is 0 Å². The number of rotatable bonds is 9. The van der Waals surface area contributed by atoms with Crippen molar-refractivity contribution in [1.82, 2.24) is 4.57 Å². The molecule has 9 nitrogen and oxygen atoms in total. The van der Waals surface area contributed by atoms with Crippen LogP contribution in [0, 0.1) is 0 Å². The van der Waals surface area contributed by atoms with Gasteiger partial charge in [0.1, 0.15) is 11.8 Å². The minimum Gasteiger partial charge on any atom is -0.502 e. The van der Waals surface area contributed by atoms with Gasteiger partial charge in [-0.2, -0.15) is 0 Å². The number of benzene rings is 3. The van der Waals surface area contributed by atoms with Gasteiger partial charge in [-0.05, 0) is 54.0 Å². The second-order valence-corrected chi connectivity index (χ2v) is 10.6. The van der Waals surface area contributed by atoms with Crippen LogP contribution in [0.1, 0.15) is 43.9 Å². The van der Waals surface area contributed by atoms with Gasteiger partial charge in [-0.3, -0.25) is 9.36 Å². The molecule has 0 amide bonds. The Morgan fingerprint density at radius 3 is 2.36 bits per heavy atom. The van der Waals surface area contributed by atoms with Crippen LogP contribution in [-0.2, 0) is 9.53 Å². The lowest BCUT2D eigenvalue weighted by atomic mass is 9.90. The Hall–Kier alpha value is -4.57. The Balaban J connectivity index is 1.86. The number of ether oxygens (including phenoxy) is 4. The first-order valence-corrected chi connectivity index (χ1v) is 14.4. The number of methoxy groups -OCH3 is 3. The predicted octanol–water partition coefficient (Wildman–Crippen LogP) is 4.46. The molecule has 5 rings (SSSR count). The zero-order valence-electron chi connectivity index (χ0n) is 24.1. The van der Waals surface area contributed by atoms with Gasteiger partial charge < -0.3 is 24.1 Å². The molecule has 0 aliphatic carbocycles. The fourth-order valence-corrected chi connectivity index (χ4v) is 6.30. The lowest BCUT2D eigenvalue weighted by Crippen LogP contribution is -2.40. The van der Waals surface area contributed by atoms with Crippen LogP contribution in [0.15, 0.2) is 69.6 Å². The molecule has 1 aromatic heterocycles. The van der Waals surface area contributed by atoms with E-state index in [1.807, 2.05) is 43.3 Å². The summed E-state index contributed by atoms with van der Waals surface area (Å²) in [5.74, 6) is 0.306. The average molecular weight is 589 g/mol. The predicted molar refractivity (Wildman–Crippen MR) is 161 cm³/mol. The Morgan fingerprint density at radius 2 is 1.71 bits per heavy atom. The first-order chi connectivity index (χ1) is 20.4. The highest BCUT2D eigenvalue weighted by atomic mass is 32.1. The highest BCUT2D eigenvalue weighted by Gasteiger charge is 2.37. The summed E-state index contributed by atoms with van der Waals surface area (Å²) in [6, 6.07) is 14.0. The number of carbonyl (C=O) groups excluding carboxylic acids is 1. The normalized spacial score (nSPS) is 14.9. The highest BCUT2D eigenvalue weighted by Crippen LogP contribution is 2.41. The number of fused-ring (bicyclic) bond motifs is 2. The van der Waals surface area contributed by atoms with Crippen molar-refractivity contribution in [2.24, 2.45) is 4.99 Å². The number of esters is 1. The van der Waals surface area contributed by atoms with E-state index in [4.69, 9.17) is 23.9 Å². The zero-order valence-corrected chi connectivity index (χ0v) is 24.9. The van der Waals surface area contributed by atoms with Crippen LogP contribution in [-0.4, -0.2) is 43.6 Å². The highest BCUT2D eigenvalue weighted by molar-refractivity contribution is 7.07. The minimum absolute atomic E-state index is 0.134. The monoisotopic (exact) mass is 588 g/mol. The number of allylic oxidation sites excluding steroid dienone is 1. The third-order valence-electron chi connectivity index (χ3n) is 7.12. The summed E-state index contributed by atoms with van der Waals surface area (Å²) in [4.78, 5) is 33.2. The van der Waals surface area contributed by atoms with Gasteiger partial charge in [0.05, 0.1) is 43.7 Å². The van der Waals surface area contributed by atoms with Crippen molar-refractivity contribution in [2.45, 2.75) is 32.7 Å². The summed E-state index contributed by atoms with van der Waals surface area (Å²) in [7, 11) is 4.45. The van der Waals surface area contributed by atoms with Gasteiger partial charge in [0.2, 0.25) is 5.75 Å². The fraction of sp³-hybridized carbons (Fsp3) is 0.281. The molecule has 3 aromatic carbocycles. The van der Waals surface area contributed by atoms with E-state index in [-0.39, 0.29) is 29.4 Å². The van der Waals surface area contributed by atoms with Crippen molar-refractivity contribution in [3.05, 3.63) is 90.6 Å². The average Bonchev–Trinajstić information content (AvgIpc) is 3.30. The van der Waals surface area contributed by atoms with E-state index in [1.165, 1.54) is 25.6 Å². The molecule has 0 radical (unpaired) electrons. The topological polar surface area (TPSA) is 109 Å². The molecule has 1 N–H and O–H groups in total. The summed E-state index contributed by atoms with van der Waals surface area (Å²) in [5.41, 5.74) is 1.84. The van der Waals surface area contributed by atoms with E-state index in [0.717, 1.165) is 17.2 Å². The number of phenols is 1. The third kappa shape index (κ3) is 5.02. The van der Waals surface area contributed by atoms with E-state index in [1.54, 1.807) is 36.8 Å².